The summed E-state index contributed by atoms with van der Waals surface area (Å²) in [4.78, 5) is 0. The van der Waals surface area contributed by atoms with Crippen LogP contribution < -0.4 is 0 Å². The Bertz CT molecular complexity index is 464. The van der Waals surface area contributed by atoms with E-state index in [0.29, 0.717) is 12.5 Å². The molecule has 1 saturated carbocycles. The maximum Gasteiger partial charge on any atom is 0.296 e. The zero-order chi connectivity index (χ0) is 11.1. The van der Waals surface area contributed by atoms with E-state index in [0.717, 1.165) is 12.2 Å². The lowest BCUT2D eigenvalue weighted by Crippen LogP contribution is -2.08. The lowest BCUT2D eigenvalue weighted by Gasteiger charge is -2.04. The van der Waals surface area contributed by atoms with Crippen LogP contribution in [-0.2, 0) is 22.0 Å². The van der Waals surface area contributed by atoms with Crippen molar-refractivity contribution in [3.63, 3.8) is 0 Å². The first-order valence-corrected chi connectivity index (χ1v) is 7.20. The number of halogens is 1. The lowest BCUT2D eigenvalue weighted by atomic mass is 10.3. The molecule has 0 atom stereocenters. The van der Waals surface area contributed by atoms with Crippen molar-refractivity contribution in [1.29, 1.82) is 0 Å². The molecular weight excluding hydrogens is 238 g/mol. The highest BCUT2D eigenvalue weighted by atomic mass is 35.7. The van der Waals surface area contributed by atoms with Crippen LogP contribution in [0.3, 0.4) is 0 Å². The number of hydrogen-bond acceptors (Lipinski definition) is 4. The van der Waals surface area contributed by atoms with Crippen LogP contribution in [-0.4, -0.2) is 23.2 Å². The molecule has 0 spiro atoms. The minimum Gasteiger partial charge on any atom is -0.301 e. The molecule has 5 nitrogen and oxygen atoms in total. The average molecular weight is 250 g/mol. The maximum absolute atomic E-state index is 11.2. The third-order valence-corrected chi connectivity index (χ3v) is 3.65. The van der Waals surface area contributed by atoms with Gasteiger partial charge in [-0.2, -0.15) is 0 Å². The van der Waals surface area contributed by atoms with Crippen molar-refractivity contribution in [2.45, 2.75) is 37.9 Å². The van der Waals surface area contributed by atoms with Crippen molar-refractivity contribution in [1.82, 2.24) is 14.8 Å². The van der Waals surface area contributed by atoms with E-state index in [9.17, 15) is 8.42 Å². The fourth-order valence-electron chi connectivity index (χ4n) is 1.55. The van der Waals surface area contributed by atoms with Crippen LogP contribution in [0.15, 0.2) is 5.16 Å². The molecule has 0 aliphatic heterocycles. The minimum absolute atomic E-state index is 0.137. The number of aromatic nitrogens is 3. The molecule has 0 radical (unpaired) electrons. The zero-order valence-electron chi connectivity index (χ0n) is 8.35. The molecule has 1 heterocycles. The van der Waals surface area contributed by atoms with Gasteiger partial charge in [-0.05, 0) is 25.7 Å². The van der Waals surface area contributed by atoms with Crippen LogP contribution in [0.2, 0.25) is 0 Å². The smallest absolute Gasteiger partial charge is 0.296 e. The predicted molar refractivity (Wildman–Crippen MR) is 55.2 cm³/mol. The molecule has 0 aromatic carbocycles. The molecule has 1 fully saturated rings. The van der Waals surface area contributed by atoms with Gasteiger partial charge in [0, 0.05) is 23.6 Å². The summed E-state index contributed by atoms with van der Waals surface area (Å²) in [6.45, 7) is 2.38. The van der Waals surface area contributed by atoms with E-state index < -0.39 is 9.05 Å². The molecular formula is C8H12ClN3O2S. The number of nitrogens with zero attached hydrogens (tertiary/aromatic N) is 3. The van der Waals surface area contributed by atoms with Crippen LogP contribution in [0.4, 0.5) is 0 Å². The minimum atomic E-state index is -3.78. The van der Waals surface area contributed by atoms with Gasteiger partial charge in [-0.15, -0.1) is 10.2 Å². The van der Waals surface area contributed by atoms with Gasteiger partial charge in [0.25, 0.3) is 14.2 Å². The Hall–Kier alpha value is -0.620. The second-order valence-electron chi connectivity index (χ2n) is 3.73. The summed E-state index contributed by atoms with van der Waals surface area (Å²) in [5, 5.41) is 7.38. The first kappa shape index (κ1) is 10.9. The third-order valence-electron chi connectivity index (χ3n) is 2.50. The fraction of sp³-hybridized carbons (Fsp3) is 0.750. The van der Waals surface area contributed by atoms with Crippen LogP contribution >= 0.6 is 10.7 Å². The summed E-state index contributed by atoms with van der Waals surface area (Å²) >= 11 is 0. The molecule has 7 heteroatoms. The van der Waals surface area contributed by atoms with Crippen LogP contribution in [0.5, 0.6) is 0 Å². The molecule has 0 bridgehead atoms. The monoisotopic (exact) mass is 249 g/mol. The standard InChI is InChI=1S/C8H12ClN3O2S/c1-2-12-7(5-6-3-4-6)10-11-8(12)15(9,13)14/h6H,2-5H2,1H3. The van der Waals surface area contributed by atoms with Crippen LogP contribution in [0, 0.1) is 5.92 Å². The van der Waals surface area contributed by atoms with E-state index in [1.165, 1.54) is 12.8 Å². The van der Waals surface area contributed by atoms with Gasteiger partial charge in [-0.3, -0.25) is 0 Å². The molecule has 1 aliphatic carbocycles. The third kappa shape index (κ3) is 2.31. The average Bonchev–Trinajstić information content (AvgIpc) is 2.82. The Morgan fingerprint density at radius 3 is 2.60 bits per heavy atom. The summed E-state index contributed by atoms with van der Waals surface area (Å²) in [6, 6.07) is 0. The van der Waals surface area contributed by atoms with E-state index in [1.54, 1.807) is 4.57 Å². The van der Waals surface area contributed by atoms with Gasteiger partial charge in [0.05, 0.1) is 0 Å². The zero-order valence-corrected chi connectivity index (χ0v) is 9.92. The Morgan fingerprint density at radius 1 is 1.47 bits per heavy atom. The summed E-state index contributed by atoms with van der Waals surface area (Å²) in [5.74, 6) is 1.37. The highest BCUT2D eigenvalue weighted by Crippen LogP contribution is 2.32. The molecule has 1 aliphatic rings. The van der Waals surface area contributed by atoms with Crippen molar-refractivity contribution in [2.24, 2.45) is 5.92 Å². The van der Waals surface area contributed by atoms with Gasteiger partial charge in [0.1, 0.15) is 5.82 Å². The summed E-state index contributed by atoms with van der Waals surface area (Å²) in [6.07, 6.45) is 3.19. The maximum atomic E-state index is 11.2. The van der Waals surface area contributed by atoms with Crippen LogP contribution in [0.1, 0.15) is 25.6 Å². The van der Waals surface area contributed by atoms with Gasteiger partial charge in [-0.1, -0.05) is 0 Å². The van der Waals surface area contributed by atoms with Crippen LogP contribution in [0.25, 0.3) is 0 Å². The Morgan fingerprint density at radius 2 is 2.13 bits per heavy atom. The van der Waals surface area contributed by atoms with E-state index in [1.807, 2.05) is 6.92 Å². The molecule has 0 amide bonds. The van der Waals surface area contributed by atoms with Gasteiger partial charge in [0.2, 0.25) is 0 Å². The molecule has 1 aromatic rings. The second-order valence-corrected chi connectivity index (χ2v) is 6.19. The van der Waals surface area contributed by atoms with E-state index in [-0.39, 0.29) is 5.16 Å². The summed E-state index contributed by atoms with van der Waals surface area (Å²) in [5.41, 5.74) is 0. The first-order valence-electron chi connectivity index (χ1n) is 4.89. The summed E-state index contributed by atoms with van der Waals surface area (Å²) < 4.78 is 23.9. The van der Waals surface area contributed by atoms with Crippen molar-refractivity contribution in [2.75, 3.05) is 0 Å². The SMILES string of the molecule is CCn1c(CC2CC2)nnc1S(=O)(=O)Cl. The Balaban J connectivity index is 2.35. The molecule has 15 heavy (non-hydrogen) atoms. The van der Waals surface area contributed by atoms with Gasteiger partial charge >= 0.3 is 0 Å². The van der Waals surface area contributed by atoms with Crippen molar-refractivity contribution < 1.29 is 8.42 Å². The van der Waals surface area contributed by atoms with Gasteiger partial charge < -0.3 is 4.57 Å². The highest BCUT2D eigenvalue weighted by Gasteiger charge is 2.27. The molecule has 0 saturated heterocycles. The Kier molecular flexibility index (Phi) is 2.72. The largest absolute Gasteiger partial charge is 0.301 e. The first-order chi connectivity index (χ1) is 7.02. The summed E-state index contributed by atoms with van der Waals surface area (Å²) in [7, 11) is 1.48. The lowest BCUT2D eigenvalue weighted by molar-refractivity contribution is 0.570. The van der Waals surface area contributed by atoms with Gasteiger partial charge in [0.15, 0.2) is 0 Å². The topological polar surface area (TPSA) is 64.8 Å². The van der Waals surface area contributed by atoms with E-state index in [2.05, 4.69) is 10.2 Å². The quantitative estimate of drug-likeness (QED) is 0.752. The molecule has 0 unspecified atom stereocenters. The van der Waals surface area contributed by atoms with E-state index >= 15 is 0 Å². The van der Waals surface area contributed by atoms with Gasteiger partial charge in [-0.25, -0.2) is 8.42 Å². The van der Waals surface area contributed by atoms with E-state index in [4.69, 9.17) is 10.7 Å². The predicted octanol–water partition coefficient (Wildman–Crippen LogP) is 1.18. The van der Waals surface area contributed by atoms with Crippen molar-refractivity contribution in [3.8, 4) is 0 Å². The van der Waals surface area contributed by atoms with Crippen molar-refractivity contribution in [3.05, 3.63) is 5.82 Å². The number of rotatable bonds is 4. The fourth-order valence-corrected chi connectivity index (χ4v) is 2.53. The molecule has 2 rings (SSSR count). The molecule has 1 aromatic heterocycles. The Labute approximate surface area is 92.9 Å². The normalized spacial score (nSPS) is 16.9. The number of hydrogen-bond donors (Lipinski definition) is 0. The highest BCUT2D eigenvalue weighted by molar-refractivity contribution is 8.13. The van der Waals surface area contributed by atoms with Crippen molar-refractivity contribution >= 4 is 19.7 Å². The molecule has 0 N–H and O–H groups in total. The second kappa shape index (κ2) is 3.75. The molecule has 84 valence electrons.